The van der Waals surface area contributed by atoms with E-state index in [1.165, 1.54) is 0 Å². The fraction of sp³-hybridized carbons (Fsp3) is 0.160. The molecule has 0 radical (unpaired) electrons. The highest BCUT2D eigenvalue weighted by Gasteiger charge is 2.19. The second-order valence-electron chi connectivity index (χ2n) is 6.87. The molecule has 3 aromatic rings. The van der Waals surface area contributed by atoms with Crippen molar-refractivity contribution in [2.24, 2.45) is 0 Å². The molecule has 0 aliphatic carbocycles. The summed E-state index contributed by atoms with van der Waals surface area (Å²) < 4.78 is 0. The van der Waals surface area contributed by atoms with Crippen LogP contribution in [0.3, 0.4) is 0 Å². The van der Waals surface area contributed by atoms with Crippen molar-refractivity contribution in [3.63, 3.8) is 0 Å². The molecule has 0 heterocycles. The number of nitrogens with one attached hydrogen (secondary N) is 1. The largest absolute Gasteiger partial charge is 0.356 e. The van der Waals surface area contributed by atoms with Gasteiger partial charge in [0, 0.05) is 17.8 Å². The third-order valence-electron chi connectivity index (χ3n) is 4.65. The first-order valence-corrected chi connectivity index (χ1v) is 9.82. The Morgan fingerprint density at radius 3 is 2.30 bits per heavy atom. The minimum Gasteiger partial charge on any atom is -0.356 e. The monoisotopic (exact) mass is 397 g/mol. The highest BCUT2D eigenvalue weighted by molar-refractivity contribution is 6.06. The number of rotatable bonds is 7. The van der Waals surface area contributed by atoms with Crippen LogP contribution in [0, 0.1) is 11.3 Å². The zero-order valence-electron chi connectivity index (χ0n) is 16.8. The summed E-state index contributed by atoms with van der Waals surface area (Å²) in [6.45, 7) is 2.85. The van der Waals surface area contributed by atoms with E-state index in [1.54, 1.807) is 29.2 Å². The third-order valence-corrected chi connectivity index (χ3v) is 4.65. The lowest BCUT2D eigenvalue weighted by molar-refractivity contribution is -0.120. The maximum Gasteiger partial charge on any atom is 0.258 e. The average molecular weight is 397 g/mol. The molecule has 0 saturated heterocycles. The summed E-state index contributed by atoms with van der Waals surface area (Å²) in [7, 11) is 0. The number of anilines is 1. The summed E-state index contributed by atoms with van der Waals surface area (Å²) >= 11 is 0. The van der Waals surface area contributed by atoms with Crippen LogP contribution in [-0.4, -0.2) is 18.4 Å². The van der Waals surface area contributed by atoms with E-state index in [0.29, 0.717) is 24.2 Å². The first-order valence-electron chi connectivity index (χ1n) is 9.82. The SMILES string of the molecule is CCNC(=O)Cc1cccc(N(Cc2ccccc2)C(=O)c2ccc(C#N)cc2)c1. The van der Waals surface area contributed by atoms with Crippen LogP contribution >= 0.6 is 0 Å². The van der Waals surface area contributed by atoms with Crippen molar-refractivity contribution in [2.75, 3.05) is 11.4 Å². The second-order valence-corrected chi connectivity index (χ2v) is 6.87. The fourth-order valence-corrected chi connectivity index (χ4v) is 3.17. The van der Waals surface area contributed by atoms with Gasteiger partial charge in [-0.15, -0.1) is 0 Å². The van der Waals surface area contributed by atoms with E-state index < -0.39 is 0 Å². The van der Waals surface area contributed by atoms with Gasteiger partial charge in [-0.25, -0.2) is 0 Å². The van der Waals surface area contributed by atoms with Crippen LogP contribution in [-0.2, 0) is 17.8 Å². The van der Waals surface area contributed by atoms with Crippen molar-refractivity contribution in [1.29, 1.82) is 5.26 Å². The van der Waals surface area contributed by atoms with Gasteiger partial charge in [-0.1, -0.05) is 42.5 Å². The lowest BCUT2D eigenvalue weighted by Crippen LogP contribution is -2.30. The molecule has 3 rings (SSSR count). The molecule has 0 saturated carbocycles. The summed E-state index contributed by atoms with van der Waals surface area (Å²) in [5.74, 6) is -0.221. The molecular formula is C25H23N3O2. The Hall–Kier alpha value is -3.91. The van der Waals surface area contributed by atoms with Crippen LogP contribution in [0.2, 0.25) is 0 Å². The van der Waals surface area contributed by atoms with E-state index in [2.05, 4.69) is 11.4 Å². The number of hydrogen-bond donors (Lipinski definition) is 1. The Labute approximate surface area is 176 Å². The molecular weight excluding hydrogens is 374 g/mol. The number of carbonyl (C=O) groups excluding carboxylic acids is 2. The summed E-state index contributed by atoms with van der Waals surface area (Å²) in [5, 5.41) is 11.8. The van der Waals surface area contributed by atoms with Gasteiger partial charge in [-0.05, 0) is 54.4 Å². The lowest BCUT2D eigenvalue weighted by Gasteiger charge is -2.24. The average Bonchev–Trinajstić information content (AvgIpc) is 2.78. The van der Waals surface area contributed by atoms with Gasteiger partial charge < -0.3 is 10.2 Å². The molecule has 2 amide bonds. The van der Waals surface area contributed by atoms with Gasteiger partial charge in [-0.2, -0.15) is 5.26 Å². The molecule has 150 valence electrons. The summed E-state index contributed by atoms with van der Waals surface area (Å²) in [6, 6.07) is 25.9. The van der Waals surface area contributed by atoms with Crippen molar-refractivity contribution in [3.05, 3.63) is 101 Å². The quantitative estimate of drug-likeness (QED) is 0.653. The molecule has 0 fully saturated rings. The minimum absolute atomic E-state index is 0.0531. The third kappa shape index (κ3) is 5.33. The molecule has 0 aliphatic heterocycles. The van der Waals surface area contributed by atoms with Gasteiger partial charge in [0.1, 0.15) is 0 Å². The van der Waals surface area contributed by atoms with Gasteiger partial charge >= 0.3 is 0 Å². The predicted octanol–water partition coefficient (Wildman–Crippen LogP) is 4.08. The Kier molecular flexibility index (Phi) is 6.96. The first-order chi connectivity index (χ1) is 14.6. The number of benzene rings is 3. The van der Waals surface area contributed by atoms with Crippen LogP contribution in [0.15, 0.2) is 78.9 Å². The zero-order chi connectivity index (χ0) is 21.3. The van der Waals surface area contributed by atoms with E-state index in [0.717, 1.165) is 16.8 Å². The standard InChI is InChI=1S/C25H23N3O2/c1-2-27-24(29)16-21-9-6-10-23(15-21)28(18-20-7-4-3-5-8-20)25(30)22-13-11-19(17-26)12-14-22/h3-15H,2,16,18H2,1H3,(H,27,29). The topological polar surface area (TPSA) is 73.2 Å². The molecule has 30 heavy (non-hydrogen) atoms. The van der Waals surface area contributed by atoms with Crippen molar-refractivity contribution in [1.82, 2.24) is 5.32 Å². The predicted molar refractivity (Wildman–Crippen MR) is 117 cm³/mol. The van der Waals surface area contributed by atoms with Gasteiger partial charge in [0.15, 0.2) is 0 Å². The maximum absolute atomic E-state index is 13.3. The number of nitrogens with zero attached hydrogens (tertiary/aromatic N) is 2. The van der Waals surface area contributed by atoms with E-state index >= 15 is 0 Å². The Morgan fingerprint density at radius 2 is 1.63 bits per heavy atom. The Bertz CT molecular complexity index is 1050. The Balaban J connectivity index is 1.94. The number of carbonyl (C=O) groups is 2. The van der Waals surface area contributed by atoms with Crippen molar-refractivity contribution in [2.45, 2.75) is 19.9 Å². The molecule has 1 N–H and O–H groups in total. The van der Waals surface area contributed by atoms with Crippen LogP contribution < -0.4 is 10.2 Å². The lowest BCUT2D eigenvalue weighted by atomic mass is 10.1. The minimum atomic E-state index is -0.168. The molecule has 5 heteroatoms. The van der Waals surface area contributed by atoms with Crippen LogP contribution in [0.25, 0.3) is 0 Å². The normalized spacial score (nSPS) is 10.1. The Morgan fingerprint density at radius 1 is 0.933 bits per heavy atom. The van der Waals surface area contributed by atoms with Crippen molar-refractivity contribution >= 4 is 17.5 Å². The van der Waals surface area contributed by atoms with E-state index in [4.69, 9.17) is 5.26 Å². The zero-order valence-corrected chi connectivity index (χ0v) is 16.8. The summed E-state index contributed by atoms with van der Waals surface area (Å²) in [5.41, 5.74) is 3.55. The molecule has 3 aromatic carbocycles. The van der Waals surface area contributed by atoms with E-state index in [9.17, 15) is 9.59 Å². The fourth-order valence-electron chi connectivity index (χ4n) is 3.17. The van der Waals surface area contributed by atoms with Gasteiger partial charge in [0.25, 0.3) is 5.91 Å². The highest BCUT2D eigenvalue weighted by Crippen LogP contribution is 2.22. The van der Waals surface area contributed by atoms with Gasteiger partial charge in [0.05, 0.1) is 24.6 Å². The smallest absolute Gasteiger partial charge is 0.258 e. The number of likely N-dealkylation sites (N-methyl/N-ethyl adjacent to an activating group) is 1. The van der Waals surface area contributed by atoms with Crippen molar-refractivity contribution in [3.8, 4) is 6.07 Å². The highest BCUT2D eigenvalue weighted by atomic mass is 16.2. The van der Waals surface area contributed by atoms with Gasteiger partial charge in [0.2, 0.25) is 5.91 Å². The van der Waals surface area contributed by atoms with E-state index in [-0.39, 0.29) is 18.2 Å². The second kappa shape index (κ2) is 10.0. The van der Waals surface area contributed by atoms with Crippen LogP contribution in [0.1, 0.15) is 34.0 Å². The molecule has 0 unspecified atom stereocenters. The number of nitriles is 1. The number of amides is 2. The first kappa shape index (κ1) is 20.8. The van der Waals surface area contributed by atoms with Crippen LogP contribution in [0.4, 0.5) is 5.69 Å². The molecule has 5 nitrogen and oxygen atoms in total. The molecule has 0 bridgehead atoms. The molecule has 0 aromatic heterocycles. The summed E-state index contributed by atoms with van der Waals surface area (Å²) in [4.78, 5) is 27.0. The van der Waals surface area contributed by atoms with Crippen LogP contribution in [0.5, 0.6) is 0 Å². The number of hydrogen-bond acceptors (Lipinski definition) is 3. The van der Waals surface area contributed by atoms with Gasteiger partial charge in [-0.3, -0.25) is 9.59 Å². The molecule has 0 spiro atoms. The van der Waals surface area contributed by atoms with Crippen molar-refractivity contribution < 1.29 is 9.59 Å². The van der Waals surface area contributed by atoms with E-state index in [1.807, 2.05) is 61.5 Å². The molecule has 0 aliphatic rings. The summed E-state index contributed by atoms with van der Waals surface area (Å²) in [6.07, 6.45) is 0.256. The molecule has 0 atom stereocenters. The maximum atomic E-state index is 13.3.